The minimum atomic E-state index is -0.729. The molecule has 6 atom stereocenters. The van der Waals surface area contributed by atoms with Gasteiger partial charge in [0.15, 0.2) is 24.8 Å². The number of hydrogen-bond acceptors (Lipinski definition) is 7. The normalized spacial score (nSPS) is 40.3. The lowest BCUT2D eigenvalue weighted by atomic mass is 9.98. The second-order valence-corrected chi connectivity index (χ2v) is 5.37. The molecule has 4 rings (SSSR count). The first kappa shape index (κ1) is 14.0. The summed E-state index contributed by atoms with van der Waals surface area (Å²) in [5.41, 5.74) is 0.900. The summed E-state index contributed by atoms with van der Waals surface area (Å²) in [5.74, 6) is 0. The molecule has 7 nitrogen and oxygen atoms in total. The summed E-state index contributed by atoms with van der Waals surface area (Å²) in [4.78, 5) is 11.5. The van der Waals surface area contributed by atoms with Gasteiger partial charge in [0.1, 0.15) is 12.2 Å². The number of benzene rings is 1. The molecule has 0 bridgehead atoms. The average molecular weight is 308 g/mol. The monoisotopic (exact) mass is 308 g/mol. The van der Waals surface area contributed by atoms with Crippen LogP contribution in [0.3, 0.4) is 0 Å². The van der Waals surface area contributed by atoms with Gasteiger partial charge in [-0.15, -0.1) is 0 Å². The van der Waals surface area contributed by atoms with E-state index in [1.165, 1.54) is 7.11 Å². The molecule has 0 saturated carbocycles. The Kier molecular flexibility index (Phi) is 3.50. The van der Waals surface area contributed by atoms with Gasteiger partial charge in [-0.05, 0) is 0 Å². The second-order valence-electron chi connectivity index (χ2n) is 5.37. The first-order valence-corrected chi connectivity index (χ1v) is 7.14. The lowest BCUT2D eigenvalue weighted by Gasteiger charge is -2.44. The molecule has 3 aliphatic rings. The van der Waals surface area contributed by atoms with E-state index < -0.39 is 37.0 Å². The molecule has 3 heterocycles. The summed E-state index contributed by atoms with van der Waals surface area (Å²) in [5, 5.41) is 0. The van der Waals surface area contributed by atoms with E-state index in [1.54, 1.807) is 0 Å². The molecule has 118 valence electrons. The summed E-state index contributed by atoms with van der Waals surface area (Å²) < 4.78 is 33.0. The average Bonchev–Trinajstić information content (AvgIpc) is 2.96. The molecule has 3 saturated heterocycles. The summed E-state index contributed by atoms with van der Waals surface area (Å²) in [7, 11) is 1.49. The van der Waals surface area contributed by atoms with E-state index in [2.05, 4.69) is 0 Å². The highest BCUT2D eigenvalue weighted by molar-refractivity contribution is 5.63. The highest BCUT2D eigenvalue weighted by Gasteiger charge is 2.57. The Morgan fingerprint density at radius 1 is 1.05 bits per heavy atom. The fourth-order valence-corrected chi connectivity index (χ4v) is 3.03. The van der Waals surface area contributed by atoms with Crippen LogP contribution in [0, 0.1) is 0 Å². The van der Waals surface area contributed by atoms with Gasteiger partial charge in [0, 0.05) is 12.7 Å². The smallest absolute Gasteiger partial charge is 0.424 e. The van der Waals surface area contributed by atoms with Crippen molar-refractivity contribution in [3.63, 3.8) is 0 Å². The van der Waals surface area contributed by atoms with Gasteiger partial charge in [0.05, 0.1) is 6.61 Å². The third-order valence-electron chi connectivity index (χ3n) is 4.05. The minimum Gasteiger partial charge on any atom is -0.424 e. The Bertz CT molecular complexity index is 548. The van der Waals surface area contributed by atoms with Gasteiger partial charge < -0.3 is 28.4 Å². The van der Waals surface area contributed by atoms with Crippen molar-refractivity contribution in [1.82, 2.24) is 0 Å². The van der Waals surface area contributed by atoms with E-state index in [-0.39, 0.29) is 6.10 Å². The van der Waals surface area contributed by atoms with Crippen molar-refractivity contribution in [2.24, 2.45) is 0 Å². The van der Waals surface area contributed by atoms with Crippen LogP contribution in [-0.4, -0.2) is 50.6 Å². The number of carbonyl (C=O) groups excluding carboxylic acids is 1. The number of fused-ring (bicyclic) bond motifs is 3. The van der Waals surface area contributed by atoms with Crippen molar-refractivity contribution in [2.75, 3.05) is 13.7 Å². The van der Waals surface area contributed by atoms with Gasteiger partial charge in [-0.2, -0.15) is 0 Å². The van der Waals surface area contributed by atoms with E-state index in [0.29, 0.717) is 6.61 Å². The fourth-order valence-electron chi connectivity index (χ4n) is 3.03. The summed E-state index contributed by atoms with van der Waals surface area (Å²) in [6, 6.07) is 9.58. The number of ether oxygens (including phenoxy) is 6. The lowest BCUT2D eigenvalue weighted by molar-refractivity contribution is -0.343. The molecule has 0 radical (unpaired) electrons. The number of hydrogen-bond donors (Lipinski definition) is 0. The van der Waals surface area contributed by atoms with Crippen molar-refractivity contribution in [3.05, 3.63) is 35.9 Å². The van der Waals surface area contributed by atoms with Gasteiger partial charge in [-0.25, -0.2) is 4.79 Å². The van der Waals surface area contributed by atoms with Gasteiger partial charge in [-0.1, -0.05) is 30.3 Å². The van der Waals surface area contributed by atoms with Crippen LogP contribution in [0.4, 0.5) is 4.79 Å². The molecule has 0 aliphatic carbocycles. The number of carbonyl (C=O) groups is 1. The molecule has 3 fully saturated rings. The van der Waals surface area contributed by atoms with Crippen LogP contribution in [0.15, 0.2) is 30.3 Å². The molecule has 0 N–H and O–H groups in total. The second kappa shape index (κ2) is 5.51. The highest BCUT2D eigenvalue weighted by atomic mass is 16.8. The molecule has 0 spiro atoms. The largest absolute Gasteiger partial charge is 0.509 e. The maximum Gasteiger partial charge on any atom is 0.509 e. The molecule has 7 heteroatoms. The SMILES string of the molecule is CO[C@@H]1O[C@@H]2COC(c3ccccc3)O[C@H]2[C@@H]2OC(=O)O[C@@H]12. The molecule has 1 unspecified atom stereocenters. The maximum atomic E-state index is 11.5. The molecule has 1 aromatic rings. The number of rotatable bonds is 2. The fraction of sp³-hybridized carbons (Fsp3) is 0.533. The Hall–Kier alpha value is -1.67. The molecule has 0 aromatic heterocycles. The van der Waals surface area contributed by atoms with Gasteiger partial charge in [0.2, 0.25) is 0 Å². The Balaban J connectivity index is 1.56. The standard InChI is InChI=1S/C15H16O7/c1-17-14-12-11(21-15(16)22-12)10-9(19-14)7-18-13(20-10)8-5-3-2-4-6-8/h2-6,9-14H,7H2,1H3/t9-,10-,11+,12-,13?,14-/m1/s1. The Morgan fingerprint density at radius 2 is 1.82 bits per heavy atom. The van der Waals surface area contributed by atoms with Crippen molar-refractivity contribution < 1.29 is 33.2 Å². The summed E-state index contributed by atoms with van der Waals surface area (Å²) >= 11 is 0. The third-order valence-corrected chi connectivity index (χ3v) is 4.05. The molecule has 3 aliphatic heterocycles. The topological polar surface area (TPSA) is 72.5 Å². The predicted molar refractivity (Wildman–Crippen MR) is 70.8 cm³/mol. The molecule has 1 aromatic carbocycles. The lowest BCUT2D eigenvalue weighted by Crippen LogP contribution is -2.61. The maximum absolute atomic E-state index is 11.5. The van der Waals surface area contributed by atoms with Crippen molar-refractivity contribution in [1.29, 1.82) is 0 Å². The minimum absolute atomic E-state index is 0.324. The van der Waals surface area contributed by atoms with Crippen LogP contribution in [-0.2, 0) is 28.4 Å². The predicted octanol–water partition coefficient (Wildman–Crippen LogP) is 1.38. The van der Waals surface area contributed by atoms with E-state index >= 15 is 0 Å². The van der Waals surface area contributed by atoms with E-state index in [1.807, 2.05) is 30.3 Å². The Labute approximate surface area is 127 Å². The third kappa shape index (κ3) is 2.26. The van der Waals surface area contributed by atoms with Gasteiger partial charge >= 0.3 is 6.16 Å². The van der Waals surface area contributed by atoms with Gasteiger partial charge in [-0.3, -0.25) is 0 Å². The van der Waals surface area contributed by atoms with E-state index in [4.69, 9.17) is 28.4 Å². The zero-order chi connectivity index (χ0) is 15.1. The van der Waals surface area contributed by atoms with Crippen LogP contribution < -0.4 is 0 Å². The molecule has 22 heavy (non-hydrogen) atoms. The van der Waals surface area contributed by atoms with E-state index in [0.717, 1.165) is 5.56 Å². The first-order chi connectivity index (χ1) is 10.8. The van der Waals surface area contributed by atoms with Gasteiger partial charge in [0.25, 0.3) is 0 Å². The highest BCUT2D eigenvalue weighted by Crippen LogP contribution is 2.38. The van der Waals surface area contributed by atoms with Crippen LogP contribution >= 0.6 is 0 Å². The summed E-state index contributed by atoms with van der Waals surface area (Å²) in [6.45, 7) is 0.324. The van der Waals surface area contributed by atoms with Crippen molar-refractivity contribution in [2.45, 2.75) is 37.0 Å². The molecular weight excluding hydrogens is 292 g/mol. The zero-order valence-electron chi connectivity index (χ0n) is 11.9. The van der Waals surface area contributed by atoms with Crippen molar-refractivity contribution in [3.8, 4) is 0 Å². The van der Waals surface area contributed by atoms with Crippen LogP contribution in [0.25, 0.3) is 0 Å². The molecule has 0 amide bonds. The van der Waals surface area contributed by atoms with E-state index in [9.17, 15) is 4.79 Å². The zero-order valence-corrected chi connectivity index (χ0v) is 11.9. The Morgan fingerprint density at radius 3 is 2.59 bits per heavy atom. The summed E-state index contributed by atoms with van der Waals surface area (Å²) in [6.07, 6.45) is -3.96. The van der Waals surface area contributed by atoms with Crippen molar-refractivity contribution >= 4 is 6.16 Å². The number of methoxy groups -OCH3 is 1. The van der Waals surface area contributed by atoms with Crippen LogP contribution in [0.2, 0.25) is 0 Å². The molecular formula is C15H16O7. The quantitative estimate of drug-likeness (QED) is 0.764. The first-order valence-electron chi connectivity index (χ1n) is 7.14. The van der Waals surface area contributed by atoms with Crippen LogP contribution in [0.5, 0.6) is 0 Å². The van der Waals surface area contributed by atoms with Crippen LogP contribution in [0.1, 0.15) is 11.9 Å².